The molecule has 0 saturated heterocycles. The van der Waals surface area contributed by atoms with Gasteiger partial charge in [-0.3, -0.25) is 5.10 Å². The lowest BCUT2D eigenvalue weighted by Gasteiger charge is -1.94. The summed E-state index contributed by atoms with van der Waals surface area (Å²) >= 11 is 1.45. The molecule has 0 aromatic carbocycles. The molecule has 0 bridgehead atoms. The Bertz CT molecular complexity index is 461. The van der Waals surface area contributed by atoms with Crippen molar-refractivity contribution in [1.82, 2.24) is 10.2 Å². The van der Waals surface area contributed by atoms with E-state index in [-0.39, 0.29) is 0 Å². The number of aromatic nitrogens is 2. The number of rotatable bonds is 1. The first kappa shape index (κ1) is 8.02. The summed E-state index contributed by atoms with van der Waals surface area (Å²) in [5.41, 5.74) is 2.98. The van der Waals surface area contributed by atoms with E-state index in [1.54, 1.807) is 6.20 Å². The van der Waals surface area contributed by atoms with Gasteiger partial charge in [-0.25, -0.2) is 0 Å². The molecule has 0 radical (unpaired) electrons. The Kier molecular flexibility index (Phi) is 1.87. The van der Waals surface area contributed by atoms with Gasteiger partial charge in [0.25, 0.3) is 0 Å². The second-order valence-electron chi connectivity index (χ2n) is 2.68. The fraction of sp³-hybridized carbons (Fsp3) is 0.111. The number of aryl methyl sites for hydroxylation is 1. The Hall–Kier alpha value is -1.60. The van der Waals surface area contributed by atoms with Gasteiger partial charge in [0.05, 0.1) is 6.20 Å². The summed E-state index contributed by atoms with van der Waals surface area (Å²) in [7, 11) is 0. The molecular formula is C9H7N3S. The van der Waals surface area contributed by atoms with Crippen LogP contribution in [0.2, 0.25) is 0 Å². The number of nitriles is 1. The lowest BCUT2D eigenvalue weighted by atomic mass is 10.1. The molecule has 0 spiro atoms. The van der Waals surface area contributed by atoms with Crippen LogP contribution in [-0.2, 0) is 0 Å². The number of hydrogen-bond donors (Lipinski definition) is 1. The van der Waals surface area contributed by atoms with Gasteiger partial charge >= 0.3 is 0 Å². The topological polar surface area (TPSA) is 52.5 Å². The van der Waals surface area contributed by atoms with E-state index in [0.717, 1.165) is 21.7 Å². The summed E-state index contributed by atoms with van der Waals surface area (Å²) in [5, 5.41) is 17.5. The van der Waals surface area contributed by atoms with Crippen LogP contribution in [-0.4, -0.2) is 10.2 Å². The van der Waals surface area contributed by atoms with Crippen molar-refractivity contribution in [2.24, 2.45) is 0 Å². The SMILES string of the molecule is Cc1[nH]ncc1-c1ccsc1C#N. The van der Waals surface area contributed by atoms with Crippen LogP contribution in [0.3, 0.4) is 0 Å². The summed E-state index contributed by atoms with van der Waals surface area (Å²) < 4.78 is 0. The van der Waals surface area contributed by atoms with Crippen molar-refractivity contribution in [1.29, 1.82) is 5.26 Å². The molecule has 0 saturated carbocycles. The first-order valence-electron chi connectivity index (χ1n) is 3.81. The van der Waals surface area contributed by atoms with E-state index >= 15 is 0 Å². The van der Waals surface area contributed by atoms with E-state index in [0.29, 0.717) is 0 Å². The van der Waals surface area contributed by atoms with Crippen LogP contribution in [0.1, 0.15) is 10.6 Å². The zero-order valence-corrected chi connectivity index (χ0v) is 7.85. The first-order valence-corrected chi connectivity index (χ1v) is 4.69. The smallest absolute Gasteiger partial charge is 0.112 e. The number of thiophene rings is 1. The van der Waals surface area contributed by atoms with Crippen LogP contribution in [0.5, 0.6) is 0 Å². The number of nitrogens with zero attached hydrogens (tertiary/aromatic N) is 2. The molecule has 2 aromatic rings. The Morgan fingerprint density at radius 1 is 1.54 bits per heavy atom. The zero-order valence-electron chi connectivity index (χ0n) is 7.03. The van der Waals surface area contributed by atoms with Gasteiger partial charge in [-0.2, -0.15) is 10.4 Å². The maximum atomic E-state index is 8.83. The van der Waals surface area contributed by atoms with Gasteiger partial charge in [0.1, 0.15) is 10.9 Å². The largest absolute Gasteiger partial charge is 0.282 e. The zero-order chi connectivity index (χ0) is 9.26. The Balaban J connectivity index is 2.60. The molecule has 1 N–H and O–H groups in total. The van der Waals surface area contributed by atoms with E-state index in [9.17, 15) is 0 Å². The molecule has 0 aliphatic rings. The highest BCUT2D eigenvalue weighted by atomic mass is 32.1. The number of H-pyrrole nitrogens is 1. The molecule has 2 aromatic heterocycles. The lowest BCUT2D eigenvalue weighted by Crippen LogP contribution is -1.78. The van der Waals surface area contributed by atoms with Crippen molar-refractivity contribution in [3.63, 3.8) is 0 Å². The van der Waals surface area contributed by atoms with Crippen molar-refractivity contribution >= 4 is 11.3 Å². The second-order valence-corrected chi connectivity index (χ2v) is 3.60. The van der Waals surface area contributed by atoms with Gasteiger partial charge in [0.15, 0.2) is 0 Å². The number of hydrogen-bond acceptors (Lipinski definition) is 3. The van der Waals surface area contributed by atoms with E-state index in [4.69, 9.17) is 5.26 Å². The summed E-state index contributed by atoms with van der Waals surface area (Å²) in [6.07, 6.45) is 1.75. The third-order valence-corrected chi connectivity index (χ3v) is 2.71. The average Bonchev–Trinajstić information content (AvgIpc) is 2.71. The summed E-state index contributed by atoms with van der Waals surface area (Å²) in [6.45, 7) is 1.95. The van der Waals surface area contributed by atoms with Crippen molar-refractivity contribution in [3.8, 4) is 17.2 Å². The molecule has 0 unspecified atom stereocenters. The van der Waals surface area contributed by atoms with Crippen molar-refractivity contribution < 1.29 is 0 Å². The molecule has 0 aliphatic carbocycles. The molecule has 0 amide bonds. The molecule has 0 atom stereocenters. The van der Waals surface area contributed by atoms with Crippen LogP contribution in [0, 0.1) is 18.3 Å². The van der Waals surface area contributed by atoms with Gasteiger partial charge in [0.2, 0.25) is 0 Å². The van der Waals surface area contributed by atoms with Crippen LogP contribution in [0.15, 0.2) is 17.6 Å². The van der Waals surface area contributed by atoms with Gasteiger partial charge in [-0.05, 0) is 18.4 Å². The van der Waals surface area contributed by atoms with E-state index in [1.807, 2.05) is 18.4 Å². The summed E-state index contributed by atoms with van der Waals surface area (Å²) in [4.78, 5) is 0.740. The fourth-order valence-electron chi connectivity index (χ4n) is 1.23. The quantitative estimate of drug-likeness (QED) is 0.748. The highest BCUT2D eigenvalue weighted by molar-refractivity contribution is 7.11. The second kappa shape index (κ2) is 3.04. The van der Waals surface area contributed by atoms with E-state index in [1.165, 1.54) is 11.3 Å². The Labute approximate surface area is 79.6 Å². The van der Waals surface area contributed by atoms with Crippen molar-refractivity contribution in [2.45, 2.75) is 6.92 Å². The highest BCUT2D eigenvalue weighted by Crippen LogP contribution is 2.28. The summed E-state index contributed by atoms with van der Waals surface area (Å²) in [5.74, 6) is 0. The fourth-order valence-corrected chi connectivity index (χ4v) is 1.93. The predicted molar refractivity (Wildman–Crippen MR) is 51.4 cm³/mol. The van der Waals surface area contributed by atoms with Crippen molar-refractivity contribution in [2.75, 3.05) is 0 Å². The lowest BCUT2D eigenvalue weighted by molar-refractivity contribution is 1.05. The number of nitrogens with one attached hydrogen (secondary N) is 1. The molecular weight excluding hydrogens is 182 g/mol. The predicted octanol–water partition coefficient (Wildman–Crippen LogP) is 2.32. The normalized spacial score (nSPS) is 9.85. The standard InChI is InChI=1S/C9H7N3S/c1-6-8(5-11-12-6)7-2-3-13-9(7)4-10/h2-3,5H,1H3,(H,11,12). The third kappa shape index (κ3) is 1.23. The average molecular weight is 189 g/mol. The monoisotopic (exact) mass is 189 g/mol. The van der Waals surface area contributed by atoms with Crippen LogP contribution in [0.4, 0.5) is 0 Å². The maximum absolute atomic E-state index is 8.83. The first-order chi connectivity index (χ1) is 6.33. The van der Waals surface area contributed by atoms with E-state index in [2.05, 4.69) is 16.3 Å². The van der Waals surface area contributed by atoms with Crippen molar-refractivity contribution in [3.05, 3.63) is 28.2 Å². The van der Waals surface area contributed by atoms with Crippen LogP contribution < -0.4 is 0 Å². The molecule has 2 rings (SSSR count). The molecule has 13 heavy (non-hydrogen) atoms. The van der Waals surface area contributed by atoms with Crippen LogP contribution in [0.25, 0.3) is 11.1 Å². The molecule has 3 nitrogen and oxygen atoms in total. The highest BCUT2D eigenvalue weighted by Gasteiger charge is 2.09. The minimum atomic E-state index is 0.740. The number of aromatic amines is 1. The molecule has 4 heteroatoms. The minimum Gasteiger partial charge on any atom is -0.282 e. The molecule has 64 valence electrons. The Morgan fingerprint density at radius 3 is 3.00 bits per heavy atom. The summed E-state index contributed by atoms with van der Waals surface area (Å²) in [6, 6.07) is 4.11. The minimum absolute atomic E-state index is 0.740. The van der Waals surface area contributed by atoms with Gasteiger partial charge in [-0.15, -0.1) is 11.3 Å². The molecule has 2 heterocycles. The third-order valence-electron chi connectivity index (χ3n) is 1.89. The van der Waals surface area contributed by atoms with Gasteiger partial charge < -0.3 is 0 Å². The van der Waals surface area contributed by atoms with Gasteiger partial charge in [-0.1, -0.05) is 0 Å². The Morgan fingerprint density at radius 2 is 2.38 bits per heavy atom. The molecule has 0 fully saturated rings. The molecule has 0 aliphatic heterocycles. The maximum Gasteiger partial charge on any atom is 0.112 e. The van der Waals surface area contributed by atoms with Crippen LogP contribution >= 0.6 is 11.3 Å². The van der Waals surface area contributed by atoms with Gasteiger partial charge in [0, 0.05) is 16.8 Å². The van der Waals surface area contributed by atoms with E-state index < -0.39 is 0 Å².